The summed E-state index contributed by atoms with van der Waals surface area (Å²) >= 11 is 1.24. The molecule has 0 saturated carbocycles. The van der Waals surface area contributed by atoms with Crippen LogP contribution in [0, 0.1) is 13.8 Å². The predicted molar refractivity (Wildman–Crippen MR) is 129 cm³/mol. The maximum atomic E-state index is 13.4. The highest BCUT2D eigenvalue weighted by molar-refractivity contribution is 7.99. The highest BCUT2D eigenvalue weighted by atomic mass is 32.2. The van der Waals surface area contributed by atoms with Gasteiger partial charge >= 0.3 is 0 Å². The van der Waals surface area contributed by atoms with E-state index >= 15 is 0 Å². The molecule has 0 aliphatic heterocycles. The standard InChI is InChI=1S/C25H23N3O3S/c1-16-7-6-10-22(17(16)2)28-24(30)20-8-4-5-9-21(20)27-25(28)32-15-23(29)26-18-11-13-19(31-3)14-12-18/h4-14H,15H2,1-3H3,(H,26,29). The van der Waals surface area contributed by atoms with Gasteiger partial charge < -0.3 is 10.1 Å². The summed E-state index contributed by atoms with van der Waals surface area (Å²) in [5.74, 6) is 0.646. The Kier molecular flexibility index (Phi) is 6.28. The molecule has 0 spiro atoms. The van der Waals surface area contributed by atoms with E-state index < -0.39 is 0 Å². The topological polar surface area (TPSA) is 73.2 Å². The Morgan fingerprint density at radius 1 is 1.03 bits per heavy atom. The SMILES string of the molecule is COc1ccc(NC(=O)CSc2nc3ccccc3c(=O)n2-c2cccc(C)c2C)cc1. The van der Waals surface area contributed by atoms with Gasteiger partial charge in [-0.15, -0.1) is 0 Å². The van der Waals surface area contributed by atoms with Crippen LogP contribution in [0.4, 0.5) is 5.69 Å². The molecule has 0 radical (unpaired) electrons. The number of thioether (sulfide) groups is 1. The van der Waals surface area contributed by atoms with Crippen molar-refractivity contribution < 1.29 is 9.53 Å². The fraction of sp³-hybridized carbons (Fsp3) is 0.160. The summed E-state index contributed by atoms with van der Waals surface area (Å²) in [4.78, 5) is 30.7. The highest BCUT2D eigenvalue weighted by Gasteiger charge is 2.16. The van der Waals surface area contributed by atoms with Gasteiger partial charge in [0.05, 0.1) is 29.5 Å². The van der Waals surface area contributed by atoms with Crippen molar-refractivity contribution in [2.45, 2.75) is 19.0 Å². The van der Waals surface area contributed by atoms with Crippen LogP contribution in [-0.2, 0) is 4.79 Å². The number of anilines is 1. The molecule has 1 N–H and O–H groups in total. The maximum Gasteiger partial charge on any atom is 0.266 e. The number of hydrogen-bond acceptors (Lipinski definition) is 5. The van der Waals surface area contributed by atoms with Gasteiger partial charge in [0, 0.05) is 5.69 Å². The van der Waals surface area contributed by atoms with E-state index in [4.69, 9.17) is 9.72 Å². The molecule has 4 aromatic rings. The lowest BCUT2D eigenvalue weighted by atomic mass is 10.1. The van der Waals surface area contributed by atoms with Gasteiger partial charge in [-0.05, 0) is 67.4 Å². The van der Waals surface area contributed by atoms with Crippen LogP contribution in [0.15, 0.2) is 76.7 Å². The number of fused-ring (bicyclic) bond motifs is 1. The number of aromatic nitrogens is 2. The van der Waals surface area contributed by atoms with E-state index in [0.29, 0.717) is 21.7 Å². The first kappa shape index (κ1) is 21.6. The largest absolute Gasteiger partial charge is 0.497 e. The molecular formula is C25H23N3O3S. The van der Waals surface area contributed by atoms with Gasteiger partial charge in [-0.2, -0.15) is 0 Å². The first-order valence-electron chi connectivity index (χ1n) is 10.1. The number of benzene rings is 3. The molecule has 1 aromatic heterocycles. The maximum absolute atomic E-state index is 13.4. The zero-order valence-corrected chi connectivity index (χ0v) is 18.9. The summed E-state index contributed by atoms with van der Waals surface area (Å²) < 4.78 is 6.75. The molecule has 0 atom stereocenters. The molecule has 1 amide bonds. The second kappa shape index (κ2) is 9.28. The fourth-order valence-corrected chi connectivity index (χ4v) is 4.21. The van der Waals surface area contributed by atoms with Gasteiger partial charge in [-0.1, -0.05) is 36.0 Å². The van der Waals surface area contributed by atoms with Crippen molar-refractivity contribution in [2.75, 3.05) is 18.2 Å². The first-order chi connectivity index (χ1) is 15.5. The third-order valence-corrected chi connectivity index (χ3v) is 6.21. The van der Waals surface area contributed by atoms with E-state index in [1.165, 1.54) is 11.8 Å². The molecule has 3 aromatic carbocycles. The van der Waals surface area contributed by atoms with Gasteiger partial charge in [0.2, 0.25) is 5.91 Å². The van der Waals surface area contributed by atoms with Crippen LogP contribution in [0.1, 0.15) is 11.1 Å². The Balaban J connectivity index is 1.67. The molecule has 32 heavy (non-hydrogen) atoms. The number of carbonyl (C=O) groups excluding carboxylic acids is 1. The molecule has 0 aliphatic rings. The van der Waals surface area contributed by atoms with Crippen molar-refractivity contribution in [3.05, 3.63) is 88.2 Å². The van der Waals surface area contributed by atoms with Crippen molar-refractivity contribution in [1.82, 2.24) is 9.55 Å². The number of aryl methyl sites for hydroxylation is 1. The minimum Gasteiger partial charge on any atom is -0.497 e. The number of hydrogen-bond donors (Lipinski definition) is 1. The molecule has 0 aliphatic carbocycles. The van der Waals surface area contributed by atoms with Gasteiger partial charge in [0.25, 0.3) is 5.56 Å². The number of carbonyl (C=O) groups is 1. The van der Waals surface area contributed by atoms with Gasteiger partial charge in [-0.3, -0.25) is 14.2 Å². The van der Waals surface area contributed by atoms with Crippen LogP contribution in [0.5, 0.6) is 5.75 Å². The molecular weight excluding hydrogens is 422 g/mol. The number of methoxy groups -OCH3 is 1. The van der Waals surface area contributed by atoms with E-state index in [1.54, 1.807) is 42.0 Å². The summed E-state index contributed by atoms with van der Waals surface area (Å²) in [7, 11) is 1.59. The minimum atomic E-state index is -0.185. The summed E-state index contributed by atoms with van der Waals surface area (Å²) in [6, 6.07) is 20.2. The monoisotopic (exact) mass is 445 g/mol. The molecule has 0 fully saturated rings. The average Bonchev–Trinajstić information content (AvgIpc) is 2.80. The van der Waals surface area contributed by atoms with E-state index in [2.05, 4.69) is 5.32 Å². The van der Waals surface area contributed by atoms with E-state index in [0.717, 1.165) is 22.6 Å². The second-order valence-corrected chi connectivity index (χ2v) is 8.28. The second-order valence-electron chi connectivity index (χ2n) is 7.34. The van der Waals surface area contributed by atoms with Gasteiger partial charge in [0.1, 0.15) is 5.75 Å². The van der Waals surface area contributed by atoms with Crippen LogP contribution in [0.25, 0.3) is 16.6 Å². The number of rotatable bonds is 6. The summed E-state index contributed by atoms with van der Waals surface area (Å²) in [6.45, 7) is 3.99. The lowest BCUT2D eigenvalue weighted by Crippen LogP contribution is -2.23. The number of nitrogens with zero attached hydrogens (tertiary/aromatic N) is 2. The molecule has 7 heteroatoms. The molecule has 6 nitrogen and oxygen atoms in total. The normalized spacial score (nSPS) is 10.8. The predicted octanol–water partition coefficient (Wildman–Crippen LogP) is 4.74. The van der Waals surface area contributed by atoms with Crippen molar-refractivity contribution >= 4 is 34.3 Å². The molecule has 0 bridgehead atoms. The number of para-hydroxylation sites is 1. The van der Waals surface area contributed by atoms with Crippen LogP contribution < -0.4 is 15.6 Å². The third kappa shape index (κ3) is 4.38. The molecule has 0 saturated heterocycles. The quantitative estimate of drug-likeness (QED) is 0.343. The van der Waals surface area contributed by atoms with Crippen LogP contribution in [0.2, 0.25) is 0 Å². The molecule has 162 valence electrons. The highest BCUT2D eigenvalue weighted by Crippen LogP contribution is 2.25. The lowest BCUT2D eigenvalue weighted by Gasteiger charge is -2.16. The lowest BCUT2D eigenvalue weighted by molar-refractivity contribution is -0.113. The Morgan fingerprint density at radius 3 is 2.53 bits per heavy atom. The zero-order chi connectivity index (χ0) is 22.7. The summed E-state index contributed by atoms with van der Waals surface area (Å²) in [5, 5.41) is 3.89. The molecule has 0 unspecified atom stereocenters. The Labute approximate surface area is 190 Å². The van der Waals surface area contributed by atoms with E-state index in [-0.39, 0.29) is 17.2 Å². The van der Waals surface area contributed by atoms with Crippen molar-refractivity contribution in [1.29, 1.82) is 0 Å². The van der Waals surface area contributed by atoms with E-state index in [1.807, 2.05) is 50.2 Å². The smallest absolute Gasteiger partial charge is 0.266 e. The number of amides is 1. The Morgan fingerprint density at radius 2 is 1.78 bits per heavy atom. The number of nitrogens with one attached hydrogen (secondary N) is 1. The average molecular weight is 446 g/mol. The molecule has 4 rings (SSSR count). The van der Waals surface area contributed by atoms with Crippen molar-refractivity contribution in [2.24, 2.45) is 0 Å². The minimum absolute atomic E-state index is 0.113. The van der Waals surface area contributed by atoms with Crippen LogP contribution in [0.3, 0.4) is 0 Å². The molecule has 1 heterocycles. The van der Waals surface area contributed by atoms with Gasteiger partial charge in [0.15, 0.2) is 5.16 Å². The zero-order valence-electron chi connectivity index (χ0n) is 18.1. The van der Waals surface area contributed by atoms with E-state index in [9.17, 15) is 9.59 Å². The van der Waals surface area contributed by atoms with Gasteiger partial charge in [-0.25, -0.2) is 4.98 Å². The summed E-state index contributed by atoms with van der Waals surface area (Å²) in [6.07, 6.45) is 0. The van der Waals surface area contributed by atoms with Crippen LogP contribution in [-0.4, -0.2) is 28.3 Å². The third-order valence-electron chi connectivity index (χ3n) is 5.27. The van der Waals surface area contributed by atoms with Crippen LogP contribution >= 0.6 is 11.8 Å². The summed E-state index contributed by atoms with van der Waals surface area (Å²) in [5.41, 5.74) is 3.98. The fourth-order valence-electron chi connectivity index (χ4n) is 3.40. The van der Waals surface area contributed by atoms with Crippen molar-refractivity contribution in [3.8, 4) is 11.4 Å². The Bertz CT molecular complexity index is 1350. The number of ether oxygens (including phenoxy) is 1. The Hall–Kier alpha value is -3.58. The first-order valence-corrected chi connectivity index (χ1v) is 11.1. The van der Waals surface area contributed by atoms with Crippen molar-refractivity contribution in [3.63, 3.8) is 0 Å².